The summed E-state index contributed by atoms with van der Waals surface area (Å²) in [4.78, 5) is 15.8. The Balaban J connectivity index is 1.35. The highest BCUT2D eigenvalue weighted by Crippen LogP contribution is 2.30. The third-order valence-corrected chi connectivity index (χ3v) is 7.39. The van der Waals surface area contributed by atoms with Crippen molar-refractivity contribution in [1.82, 2.24) is 30.4 Å². The lowest BCUT2D eigenvalue weighted by Gasteiger charge is -2.26. The molecule has 2 fully saturated rings. The molecule has 0 radical (unpaired) electrons. The fraction of sp³-hybridized carbons (Fsp3) is 0.481. The molecule has 2 aliphatic rings. The van der Waals surface area contributed by atoms with Crippen molar-refractivity contribution in [3.63, 3.8) is 0 Å². The Morgan fingerprint density at radius 1 is 1.06 bits per heavy atom. The van der Waals surface area contributed by atoms with E-state index in [-0.39, 0.29) is 18.0 Å². The monoisotopic (exact) mass is 458 g/mol. The zero-order valence-corrected chi connectivity index (χ0v) is 19.9. The van der Waals surface area contributed by atoms with Crippen LogP contribution in [0.3, 0.4) is 0 Å². The number of aromatic nitrogens is 4. The fourth-order valence-corrected chi connectivity index (χ4v) is 5.54. The second-order valence-corrected chi connectivity index (χ2v) is 9.84. The van der Waals surface area contributed by atoms with Crippen molar-refractivity contribution < 1.29 is 4.79 Å². The lowest BCUT2D eigenvalue weighted by Crippen LogP contribution is -2.46. The molecule has 178 valence electrons. The summed E-state index contributed by atoms with van der Waals surface area (Å²) in [5.74, 6) is 0.150. The molecule has 1 aromatic heterocycles. The van der Waals surface area contributed by atoms with Crippen LogP contribution in [-0.4, -0.2) is 49.6 Å². The number of tetrazole rings is 1. The molecule has 2 aromatic carbocycles. The Morgan fingerprint density at radius 3 is 2.65 bits per heavy atom. The SMILES string of the molecule is Cc1ccccc1-c1cccc(CN2C[C@H](n3cnnn3)C[C@H]2C(=O)NC2CCCCCC2)c1. The van der Waals surface area contributed by atoms with E-state index in [1.54, 1.807) is 11.0 Å². The van der Waals surface area contributed by atoms with Gasteiger partial charge in [-0.25, -0.2) is 4.68 Å². The molecule has 2 heterocycles. The number of hydrogen-bond acceptors (Lipinski definition) is 5. The number of carbonyl (C=O) groups is 1. The molecule has 7 heteroatoms. The lowest BCUT2D eigenvalue weighted by molar-refractivity contribution is -0.126. The molecule has 5 rings (SSSR count). The molecule has 2 atom stereocenters. The summed E-state index contributed by atoms with van der Waals surface area (Å²) in [6.45, 7) is 3.62. The Hall–Kier alpha value is -3.06. The molecule has 3 aromatic rings. The van der Waals surface area contributed by atoms with E-state index in [2.05, 4.69) is 81.2 Å². The Kier molecular flexibility index (Phi) is 7.00. The Labute approximate surface area is 201 Å². The zero-order chi connectivity index (χ0) is 23.3. The predicted octanol–water partition coefficient (Wildman–Crippen LogP) is 4.30. The highest BCUT2D eigenvalue weighted by Gasteiger charge is 2.38. The van der Waals surface area contributed by atoms with Gasteiger partial charge in [0.1, 0.15) is 6.33 Å². The van der Waals surface area contributed by atoms with Crippen LogP contribution in [-0.2, 0) is 11.3 Å². The van der Waals surface area contributed by atoms with Crippen molar-refractivity contribution in [3.8, 4) is 11.1 Å². The van der Waals surface area contributed by atoms with Gasteiger partial charge in [0.2, 0.25) is 5.91 Å². The van der Waals surface area contributed by atoms with Crippen LogP contribution in [0.2, 0.25) is 0 Å². The Morgan fingerprint density at radius 2 is 1.88 bits per heavy atom. The minimum atomic E-state index is -0.181. The third kappa shape index (κ3) is 5.20. The minimum Gasteiger partial charge on any atom is -0.352 e. The highest BCUT2D eigenvalue weighted by atomic mass is 16.2. The van der Waals surface area contributed by atoms with Crippen LogP contribution in [0.25, 0.3) is 11.1 Å². The fourth-order valence-electron chi connectivity index (χ4n) is 5.54. The van der Waals surface area contributed by atoms with E-state index >= 15 is 0 Å². The van der Waals surface area contributed by atoms with E-state index in [1.165, 1.54) is 47.9 Å². The van der Waals surface area contributed by atoms with Crippen LogP contribution in [0.5, 0.6) is 0 Å². The van der Waals surface area contributed by atoms with Crippen LogP contribution >= 0.6 is 0 Å². The largest absolute Gasteiger partial charge is 0.352 e. The van der Waals surface area contributed by atoms with E-state index in [1.807, 2.05) is 0 Å². The van der Waals surface area contributed by atoms with Crippen LogP contribution in [0.15, 0.2) is 54.9 Å². The first kappa shape index (κ1) is 22.7. The average Bonchev–Trinajstić information content (AvgIpc) is 3.45. The van der Waals surface area contributed by atoms with E-state index in [0.717, 1.165) is 32.4 Å². The summed E-state index contributed by atoms with van der Waals surface area (Å²) in [5.41, 5.74) is 4.94. The number of benzene rings is 2. The second-order valence-electron chi connectivity index (χ2n) is 9.84. The summed E-state index contributed by atoms with van der Waals surface area (Å²) in [6, 6.07) is 17.4. The number of amides is 1. The van der Waals surface area contributed by atoms with Crippen molar-refractivity contribution in [2.45, 2.75) is 76.5 Å². The van der Waals surface area contributed by atoms with E-state index in [4.69, 9.17) is 0 Å². The van der Waals surface area contributed by atoms with Gasteiger partial charge in [0.05, 0.1) is 12.1 Å². The quantitative estimate of drug-likeness (QED) is 0.557. The summed E-state index contributed by atoms with van der Waals surface area (Å²) in [5, 5.41) is 15.1. The minimum absolute atomic E-state index is 0.0967. The molecule has 0 unspecified atom stereocenters. The number of hydrogen-bond donors (Lipinski definition) is 1. The smallest absolute Gasteiger partial charge is 0.237 e. The molecular formula is C27H34N6O. The summed E-state index contributed by atoms with van der Waals surface area (Å²) < 4.78 is 1.80. The average molecular weight is 459 g/mol. The molecule has 1 saturated carbocycles. The first-order chi connectivity index (χ1) is 16.7. The van der Waals surface area contributed by atoms with Crippen LogP contribution in [0, 0.1) is 6.92 Å². The number of nitrogens with zero attached hydrogens (tertiary/aromatic N) is 5. The number of aryl methyl sites for hydroxylation is 1. The topological polar surface area (TPSA) is 75.9 Å². The van der Waals surface area contributed by atoms with Crippen molar-refractivity contribution in [2.24, 2.45) is 0 Å². The lowest BCUT2D eigenvalue weighted by atomic mass is 9.99. The first-order valence-corrected chi connectivity index (χ1v) is 12.6. The molecule has 0 bridgehead atoms. The van der Waals surface area contributed by atoms with Gasteiger partial charge in [-0.1, -0.05) is 68.1 Å². The van der Waals surface area contributed by atoms with Gasteiger partial charge in [-0.2, -0.15) is 0 Å². The maximum atomic E-state index is 13.5. The molecular weight excluding hydrogens is 424 g/mol. The molecule has 0 spiro atoms. The molecule has 34 heavy (non-hydrogen) atoms. The predicted molar refractivity (Wildman–Crippen MR) is 132 cm³/mol. The highest BCUT2D eigenvalue weighted by molar-refractivity contribution is 5.82. The van der Waals surface area contributed by atoms with E-state index in [0.29, 0.717) is 6.04 Å². The van der Waals surface area contributed by atoms with Crippen molar-refractivity contribution in [1.29, 1.82) is 0 Å². The number of rotatable bonds is 6. The molecule has 1 amide bonds. The van der Waals surface area contributed by atoms with Crippen molar-refractivity contribution in [2.75, 3.05) is 6.54 Å². The molecule has 7 nitrogen and oxygen atoms in total. The summed E-state index contributed by atoms with van der Waals surface area (Å²) in [7, 11) is 0. The van der Waals surface area contributed by atoms with Gasteiger partial charge >= 0.3 is 0 Å². The molecule has 1 saturated heterocycles. The Bertz CT molecular complexity index is 1090. The van der Waals surface area contributed by atoms with Crippen LogP contribution in [0.1, 0.15) is 62.1 Å². The zero-order valence-electron chi connectivity index (χ0n) is 19.9. The van der Waals surface area contributed by atoms with Gasteiger partial charge in [0.25, 0.3) is 0 Å². The molecule has 1 N–H and O–H groups in total. The van der Waals surface area contributed by atoms with Gasteiger partial charge in [0, 0.05) is 19.1 Å². The van der Waals surface area contributed by atoms with Gasteiger partial charge in [-0.3, -0.25) is 9.69 Å². The van der Waals surface area contributed by atoms with Gasteiger partial charge in [-0.05, 0) is 64.9 Å². The summed E-state index contributed by atoms with van der Waals surface area (Å²) in [6.07, 6.45) is 9.53. The first-order valence-electron chi connectivity index (χ1n) is 12.6. The standard InChI is InChI=1S/C27H34N6O/c1-20-9-6-7-14-25(20)22-11-8-10-21(15-22)17-32-18-24(33-19-28-30-31-33)16-26(32)27(34)29-23-12-4-2-3-5-13-23/h6-11,14-15,19,23-24,26H,2-5,12-13,16-18H2,1H3,(H,29,34)/t24-,26+/m1/s1. The maximum absolute atomic E-state index is 13.5. The molecule has 1 aliphatic carbocycles. The number of likely N-dealkylation sites (tertiary alicyclic amines) is 1. The third-order valence-electron chi connectivity index (χ3n) is 7.39. The number of carbonyl (C=O) groups excluding carboxylic acids is 1. The van der Waals surface area contributed by atoms with Crippen molar-refractivity contribution >= 4 is 5.91 Å². The maximum Gasteiger partial charge on any atom is 0.237 e. The van der Waals surface area contributed by atoms with Crippen LogP contribution in [0.4, 0.5) is 0 Å². The van der Waals surface area contributed by atoms with E-state index < -0.39 is 0 Å². The van der Waals surface area contributed by atoms with Crippen LogP contribution < -0.4 is 5.32 Å². The van der Waals surface area contributed by atoms with E-state index in [9.17, 15) is 4.79 Å². The van der Waals surface area contributed by atoms with Gasteiger partial charge in [-0.15, -0.1) is 5.10 Å². The number of nitrogens with one attached hydrogen (secondary N) is 1. The van der Waals surface area contributed by atoms with Crippen molar-refractivity contribution in [3.05, 3.63) is 66.0 Å². The van der Waals surface area contributed by atoms with Gasteiger partial charge in [0.15, 0.2) is 0 Å². The summed E-state index contributed by atoms with van der Waals surface area (Å²) >= 11 is 0. The van der Waals surface area contributed by atoms with Gasteiger partial charge < -0.3 is 5.32 Å². The molecule has 1 aliphatic heterocycles. The second kappa shape index (κ2) is 10.5. The normalized spacial score (nSPS) is 21.9.